The van der Waals surface area contributed by atoms with Gasteiger partial charge in [0.1, 0.15) is 20.7 Å². The number of imidazole rings is 2. The molecular formula is C25H25BrN8OS2. The molecule has 37 heavy (non-hydrogen) atoms. The molecule has 0 amide bonds. The van der Waals surface area contributed by atoms with Gasteiger partial charge in [-0.1, -0.05) is 11.8 Å². The molecule has 0 radical (unpaired) electrons. The van der Waals surface area contributed by atoms with Crippen molar-refractivity contribution in [1.29, 1.82) is 0 Å². The van der Waals surface area contributed by atoms with Crippen molar-refractivity contribution in [3.63, 3.8) is 0 Å². The third-order valence-corrected chi connectivity index (χ3v) is 8.31. The second-order valence-electron chi connectivity index (χ2n) is 8.21. The summed E-state index contributed by atoms with van der Waals surface area (Å²) in [5.74, 6) is 7.81. The van der Waals surface area contributed by atoms with E-state index in [1.54, 1.807) is 22.7 Å². The first-order valence-electron chi connectivity index (χ1n) is 11.6. The zero-order valence-electron chi connectivity index (χ0n) is 20.8. The fourth-order valence-corrected chi connectivity index (χ4v) is 6.57. The van der Waals surface area contributed by atoms with Crippen LogP contribution in [0, 0.1) is 25.7 Å². The Balaban J connectivity index is 0.000000157. The van der Waals surface area contributed by atoms with Crippen molar-refractivity contribution < 1.29 is 5.11 Å². The SMILES string of the molecule is CNc1nc2cc(Br)sc2n2c(C)cnc12.CNc1nc2cc(C#CCCCO)sc2n2c(C)cnc12. The lowest BCUT2D eigenvalue weighted by Gasteiger charge is -2.04. The van der Waals surface area contributed by atoms with E-state index >= 15 is 0 Å². The molecule has 12 heteroatoms. The lowest BCUT2D eigenvalue weighted by molar-refractivity contribution is 0.290. The highest BCUT2D eigenvalue weighted by molar-refractivity contribution is 9.11. The molecule has 0 atom stereocenters. The average Bonchev–Trinajstić information content (AvgIpc) is 3.66. The lowest BCUT2D eigenvalue weighted by Crippen LogP contribution is -1.98. The Bertz CT molecular complexity index is 1800. The number of unbranched alkanes of at least 4 members (excludes halogenated alkanes) is 1. The average molecular weight is 598 g/mol. The van der Waals surface area contributed by atoms with Gasteiger partial charge in [0.05, 0.1) is 8.66 Å². The van der Waals surface area contributed by atoms with Gasteiger partial charge in [-0.05, 0) is 48.3 Å². The molecule has 0 aliphatic rings. The topological polar surface area (TPSA) is 105 Å². The molecule has 6 heterocycles. The minimum absolute atomic E-state index is 0.184. The van der Waals surface area contributed by atoms with E-state index in [4.69, 9.17) is 5.11 Å². The maximum atomic E-state index is 8.77. The van der Waals surface area contributed by atoms with Crippen LogP contribution in [0.4, 0.5) is 11.6 Å². The number of hydrogen-bond donors (Lipinski definition) is 3. The highest BCUT2D eigenvalue weighted by atomic mass is 79.9. The molecule has 0 aromatic carbocycles. The first-order valence-corrected chi connectivity index (χ1v) is 14.0. The molecule has 0 fully saturated rings. The van der Waals surface area contributed by atoms with Crippen molar-refractivity contribution >= 4 is 82.2 Å². The molecule has 190 valence electrons. The number of thiophene rings is 2. The number of anilines is 2. The summed E-state index contributed by atoms with van der Waals surface area (Å²) in [6.45, 7) is 4.26. The van der Waals surface area contributed by atoms with E-state index in [2.05, 4.69) is 67.1 Å². The van der Waals surface area contributed by atoms with Crippen LogP contribution >= 0.6 is 38.6 Å². The predicted molar refractivity (Wildman–Crippen MR) is 156 cm³/mol. The fourth-order valence-electron chi connectivity index (χ4n) is 3.97. The van der Waals surface area contributed by atoms with Crippen LogP contribution in [0.3, 0.4) is 0 Å². The molecule has 0 aliphatic heterocycles. The van der Waals surface area contributed by atoms with Crippen molar-refractivity contribution in [3.05, 3.63) is 44.6 Å². The van der Waals surface area contributed by atoms with Crippen molar-refractivity contribution in [2.45, 2.75) is 26.7 Å². The Morgan fingerprint density at radius 1 is 0.919 bits per heavy atom. The first-order chi connectivity index (χ1) is 17.9. The summed E-state index contributed by atoms with van der Waals surface area (Å²) >= 11 is 6.78. The van der Waals surface area contributed by atoms with E-state index in [9.17, 15) is 0 Å². The number of aliphatic hydroxyl groups is 1. The molecule has 6 aromatic heterocycles. The zero-order chi connectivity index (χ0) is 26.1. The maximum absolute atomic E-state index is 8.77. The van der Waals surface area contributed by atoms with Gasteiger partial charge in [0.25, 0.3) is 0 Å². The van der Waals surface area contributed by atoms with Crippen LogP contribution in [0.25, 0.3) is 32.0 Å². The van der Waals surface area contributed by atoms with Gasteiger partial charge in [-0.15, -0.1) is 22.7 Å². The van der Waals surface area contributed by atoms with Gasteiger partial charge in [0, 0.05) is 50.9 Å². The van der Waals surface area contributed by atoms with Crippen LogP contribution in [0.15, 0.2) is 28.3 Å². The van der Waals surface area contributed by atoms with Gasteiger partial charge in [0.2, 0.25) is 0 Å². The number of aromatic nitrogens is 6. The molecule has 6 aromatic rings. The summed E-state index contributed by atoms with van der Waals surface area (Å²) in [6.07, 6.45) is 5.14. The molecule has 0 spiro atoms. The summed E-state index contributed by atoms with van der Waals surface area (Å²) in [7, 11) is 3.71. The van der Waals surface area contributed by atoms with Crippen molar-refractivity contribution in [1.82, 2.24) is 28.7 Å². The predicted octanol–water partition coefficient (Wildman–Crippen LogP) is 5.47. The second kappa shape index (κ2) is 10.6. The summed E-state index contributed by atoms with van der Waals surface area (Å²) < 4.78 is 5.32. The largest absolute Gasteiger partial charge is 0.396 e. The van der Waals surface area contributed by atoms with E-state index in [1.807, 2.05) is 52.5 Å². The number of aliphatic hydroxyl groups excluding tert-OH is 1. The first kappa shape index (κ1) is 25.4. The van der Waals surface area contributed by atoms with E-state index < -0.39 is 0 Å². The van der Waals surface area contributed by atoms with Crippen molar-refractivity contribution in [2.24, 2.45) is 0 Å². The van der Waals surface area contributed by atoms with E-state index in [-0.39, 0.29) is 6.61 Å². The highest BCUT2D eigenvalue weighted by Crippen LogP contribution is 2.32. The Labute approximate surface area is 229 Å². The van der Waals surface area contributed by atoms with Crippen LogP contribution in [-0.2, 0) is 0 Å². The number of nitrogens with one attached hydrogen (secondary N) is 2. The molecule has 9 nitrogen and oxygen atoms in total. The quantitative estimate of drug-likeness (QED) is 0.183. The highest BCUT2D eigenvalue weighted by Gasteiger charge is 2.14. The molecule has 3 N–H and O–H groups in total. The Hall–Kier alpha value is -3.24. The van der Waals surface area contributed by atoms with Crippen LogP contribution in [0.1, 0.15) is 29.1 Å². The minimum Gasteiger partial charge on any atom is -0.396 e. The Morgan fingerprint density at radius 3 is 2.05 bits per heavy atom. The van der Waals surface area contributed by atoms with Crippen LogP contribution in [0.5, 0.6) is 0 Å². The molecule has 0 saturated heterocycles. The van der Waals surface area contributed by atoms with Gasteiger partial charge in [-0.3, -0.25) is 8.80 Å². The number of nitrogens with zero attached hydrogens (tertiary/aromatic N) is 6. The number of fused-ring (bicyclic) bond motifs is 6. The summed E-state index contributed by atoms with van der Waals surface area (Å²) in [5.41, 5.74) is 5.81. The van der Waals surface area contributed by atoms with Gasteiger partial charge in [0.15, 0.2) is 22.9 Å². The van der Waals surface area contributed by atoms with Crippen molar-refractivity contribution in [3.8, 4) is 11.8 Å². The van der Waals surface area contributed by atoms with E-state index in [0.29, 0.717) is 12.8 Å². The van der Waals surface area contributed by atoms with Crippen LogP contribution < -0.4 is 10.6 Å². The Kier molecular flexibility index (Phi) is 7.30. The van der Waals surface area contributed by atoms with Crippen LogP contribution in [-0.4, -0.2) is 54.5 Å². The molecule has 0 saturated carbocycles. The van der Waals surface area contributed by atoms with Gasteiger partial charge >= 0.3 is 0 Å². The Morgan fingerprint density at radius 2 is 1.49 bits per heavy atom. The third-order valence-electron chi connectivity index (χ3n) is 5.67. The minimum atomic E-state index is 0.184. The molecule has 6 rings (SSSR count). The van der Waals surface area contributed by atoms with Gasteiger partial charge in [-0.2, -0.15) is 0 Å². The summed E-state index contributed by atoms with van der Waals surface area (Å²) in [4.78, 5) is 21.1. The lowest BCUT2D eigenvalue weighted by atomic mass is 10.3. The normalized spacial score (nSPS) is 11.1. The number of aryl methyl sites for hydroxylation is 2. The van der Waals surface area contributed by atoms with Crippen molar-refractivity contribution in [2.75, 3.05) is 31.3 Å². The smallest absolute Gasteiger partial charge is 0.181 e. The number of rotatable bonds is 4. The molecule has 0 bridgehead atoms. The molecular weight excluding hydrogens is 572 g/mol. The molecule has 0 aliphatic carbocycles. The third kappa shape index (κ3) is 4.75. The van der Waals surface area contributed by atoms with Gasteiger partial charge < -0.3 is 15.7 Å². The van der Waals surface area contributed by atoms with E-state index in [1.165, 1.54) is 0 Å². The van der Waals surface area contributed by atoms with E-state index in [0.717, 1.165) is 63.7 Å². The van der Waals surface area contributed by atoms with Gasteiger partial charge in [-0.25, -0.2) is 19.9 Å². The maximum Gasteiger partial charge on any atom is 0.181 e. The molecule has 0 unspecified atom stereocenters. The standard InChI is InChI=1S/C15H16N4OS.C10H9BrN4S/c1-10-9-17-14-13(16-2)18-12-8-11(6-4-3-5-7-20)21-15(12)19(10)14;1-5-4-13-9-8(12-2)14-6-3-7(11)16-10(6)15(5)9/h8-9,20H,3,5,7H2,1-2H3,(H,16,18);3-4H,1-2H3,(H,12,14). The summed E-state index contributed by atoms with van der Waals surface area (Å²) in [5, 5.41) is 14.9. The zero-order valence-corrected chi connectivity index (χ0v) is 24.0. The fraction of sp³-hybridized carbons (Fsp3) is 0.280. The number of hydrogen-bond acceptors (Lipinski definition) is 9. The monoisotopic (exact) mass is 596 g/mol. The van der Waals surface area contributed by atoms with Crippen LogP contribution in [0.2, 0.25) is 0 Å². The second-order valence-corrected chi connectivity index (χ2v) is 11.6. The number of halogens is 1. The summed E-state index contributed by atoms with van der Waals surface area (Å²) in [6, 6.07) is 4.03.